The van der Waals surface area contributed by atoms with E-state index < -0.39 is 17.7 Å². The quantitative estimate of drug-likeness (QED) is 0.322. The van der Waals surface area contributed by atoms with E-state index in [2.05, 4.69) is 15.1 Å². The Hall–Kier alpha value is -3.25. The Balaban J connectivity index is 2.05. The van der Waals surface area contributed by atoms with Gasteiger partial charge >= 0.3 is 0 Å². The fraction of sp³-hybridized carbons (Fsp3) is 0.100. The molecular weight excluding hydrogens is 463 g/mol. The number of amides is 2. The van der Waals surface area contributed by atoms with Crippen molar-refractivity contribution < 1.29 is 9.59 Å². The maximum atomic E-state index is 12.9. The minimum atomic E-state index is -0.891. The smallest absolute Gasteiger partial charge is 0.279 e. The van der Waals surface area contributed by atoms with Crippen LogP contribution < -0.4 is 5.62 Å². The van der Waals surface area contributed by atoms with E-state index in [1.165, 1.54) is 19.2 Å². The first-order chi connectivity index (χ1) is 14.8. The molecule has 8 nitrogen and oxygen atoms in total. The number of nitriles is 1. The van der Waals surface area contributed by atoms with Gasteiger partial charge in [0, 0.05) is 7.05 Å². The van der Waals surface area contributed by atoms with E-state index in [0.29, 0.717) is 5.56 Å². The molecule has 31 heavy (non-hydrogen) atoms. The average Bonchev–Trinajstić information content (AvgIpc) is 2.77. The summed E-state index contributed by atoms with van der Waals surface area (Å²) in [6.45, 7) is 0. The Labute approximate surface area is 190 Å². The fourth-order valence-corrected chi connectivity index (χ4v) is 3.84. The molecule has 0 bridgehead atoms. The minimum Gasteiger partial charge on any atom is -0.279 e. The zero-order valence-electron chi connectivity index (χ0n) is 15.8. The molecule has 1 aromatic heterocycles. The highest BCUT2D eigenvalue weighted by atomic mass is 35.5. The summed E-state index contributed by atoms with van der Waals surface area (Å²) >= 11 is 18.5. The van der Waals surface area contributed by atoms with E-state index >= 15 is 0 Å². The fourth-order valence-electron chi connectivity index (χ4n) is 3.23. The number of hydrogen-bond donors (Lipinski definition) is 0. The van der Waals surface area contributed by atoms with Crippen LogP contribution in [0.25, 0.3) is 5.69 Å². The molecule has 0 fully saturated rings. The monoisotopic (exact) mass is 472 g/mol. The lowest BCUT2D eigenvalue weighted by molar-refractivity contribution is -0.128. The first kappa shape index (κ1) is 21.0. The maximum Gasteiger partial charge on any atom is 0.282 e. The molecule has 0 spiro atoms. The second kappa shape index (κ2) is 8.12. The predicted octanol–water partition coefficient (Wildman–Crippen LogP) is 3.35. The van der Waals surface area contributed by atoms with Gasteiger partial charge in [0.05, 0.1) is 26.4 Å². The van der Waals surface area contributed by atoms with Crippen LogP contribution in [0.5, 0.6) is 0 Å². The number of fused-ring (bicyclic) bond motifs is 1. The number of hydrogen-bond acceptors (Lipinski definition) is 6. The number of halogens is 3. The lowest BCUT2D eigenvalue weighted by Crippen LogP contribution is -2.46. The van der Waals surface area contributed by atoms with Crippen molar-refractivity contribution in [3.05, 3.63) is 80.1 Å². The molecule has 0 saturated heterocycles. The Morgan fingerprint density at radius 2 is 1.77 bits per heavy atom. The molecule has 2 aromatic carbocycles. The second-order valence-electron chi connectivity index (χ2n) is 6.51. The molecule has 154 valence electrons. The molecule has 1 atom stereocenters. The largest absolute Gasteiger partial charge is 0.282 e. The van der Waals surface area contributed by atoms with E-state index in [-0.39, 0.29) is 37.8 Å². The van der Waals surface area contributed by atoms with Crippen molar-refractivity contribution in [2.24, 2.45) is 4.99 Å². The second-order valence-corrected chi connectivity index (χ2v) is 7.67. The van der Waals surface area contributed by atoms with E-state index in [9.17, 15) is 14.9 Å². The van der Waals surface area contributed by atoms with Crippen LogP contribution in [0.3, 0.4) is 0 Å². The van der Waals surface area contributed by atoms with Crippen molar-refractivity contribution in [2.75, 3.05) is 7.05 Å². The molecule has 3 aromatic rings. The number of benzene rings is 2. The third kappa shape index (κ3) is 3.47. The summed E-state index contributed by atoms with van der Waals surface area (Å²) in [5, 5.41) is 13.8. The molecule has 0 radical (unpaired) electrons. The lowest BCUT2D eigenvalue weighted by atomic mass is 9.90. The number of likely N-dealkylation sites (N-methyl/N-ethyl adjacent to an activating group) is 1. The van der Waals surface area contributed by atoms with Crippen molar-refractivity contribution in [2.45, 2.75) is 5.92 Å². The number of carbonyl (C=O) groups excluding carboxylic acids is 2. The van der Waals surface area contributed by atoms with Crippen molar-refractivity contribution in [3.8, 4) is 11.9 Å². The first-order valence-corrected chi connectivity index (χ1v) is 9.93. The van der Waals surface area contributed by atoms with Crippen molar-refractivity contribution in [1.82, 2.24) is 19.7 Å². The van der Waals surface area contributed by atoms with Crippen LogP contribution in [0.2, 0.25) is 15.1 Å². The van der Waals surface area contributed by atoms with Crippen LogP contribution in [0.1, 0.15) is 27.7 Å². The summed E-state index contributed by atoms with van der Waals surface area (Å²) in [6, 6.07) is 11.8. The van der Waals surface area contributed by atoms with Gasteiger partial charge in [-0.2, -0.15) is 15.0 Å². The van der Waals surface area contributed by atoms with Crippen LogP contribution in [-0.4, -0.2) is 38.5 Å². The third-order valence-corrected chi connectivity index (χ3v) is 6.02. The molecule has 4 rings (SSSR count). The highest BCUT2D eigenvalue weighted by molar-refractivity contribution is 6.48. The lowest BCUT2D eigenvalue weighted by Gasteiger charge is -2.29. The van der Waals surface area contributed by atoms with E-state index in [1.54, 1.807) is 36.5 Å². The van der Waals surface area contributed by atoms with Gasteiger partial charge in [0.1, 0.15) is 5.92 Å². The molecule has 0 saturated carbocycles. The Morgan fingerprint density at radius 3 is 2.45 bits per heavy atom. The molecule has 1 aliphatic rings. The Bertz CT molecular complexity index is 1350. The van der Waals surface area contributed by atoms with E-state index in [4.69, 9.17) is 34.8 Å². The summed E-state index contributed by atoms with van der Waals surface area (Å²) < 4.78 is 1.12. The Morgan fingerprint density at radius 1 is 1.06 bits per heavy atom. The summed E-state index contributed by atoms with van der Waals surface area (Å²) in [6.07, 6.45) is 1.65. The molecule has 1 aliphatic heterocycles. The van der Waals surface area contributed by atoms with Gasteiger partial charge < -0.3 is 0 Å². The molecular formula is C20H11Cl3N6O2. The maximum absolute atomic E-state index is 12.9. The standard InChI is InChI=1S/C20H11Cl3N6O2/c1-28-18(30)13(10-5-3-2-4-6-10)16-17(19(28)31)27-29(20(26-16)25-9-24)12-8-7-11(21)14(22)15(12)23/h2-8,13H,1H3. The van der Waals surface area contributed by atoms with Gasteiger partial charge in [-0.3, -0.25) is 14.5 Å². The van der Waals surface area contributed by atoms with Gasteiger partial charge in [-0.25, -0.2) is 4.98 Å². The molecule has 0 aliphatic carbocycles. The van der Waals surface area contributed by atoms with Crippen LogP contribution in [0.4, 0.5) is 0 Å². The van der Waals surface area contributed by atoms with Crippen molar-refractivity contribution in [3.63, 3.8) is 0 Å². The molecule has 11 heteroatoms. The van der Waals surface area contributed by atoms with Crippen LogP contribution >= 0.6 is 34.8 Å². The molecule has 0 N–H and O–H groups in total. The highest BCUT2D eigenvalue weighted by Crippen LogP contribution is 2.35. The van der Waals surface area contributed by atoms with Crippen LogP contribution in [-0.2, 0) is 4.79 Å². The zero-order chi connectivity index (χ0) is 22.3. The van der Waals surface area contributed by atoms with Crippen molar-refractivity contribution >= 4 is 46.6 Å². The number of carbonyl (C=O) groups is 2. The van der Waals surface area contributed by atoms with Gasteiger partial charge in [-0.1, -0.05) is 65.1 Å². The van der Waals surface area contributed by atoms with E-state index in [1.807, 2.05) is 0 Å². The predicted molar refractivity (Wildman–Crippen MR) is 113 cm³/mol. The number of rotatable bonds is 2. The number of aromatic nitrogens is 3. The van der Waals surface area contributed by atoms with E-state index in [0.717, 1.165) is 9.58 Å². The molecule has 2 amide bonds. The van der Waals surface area contributed by atoms with Gasteiger partial charge in [0.15, 0.2) is 5.69 Å². The topological polar surface area (TPSA) is 104 Å². The summed E-state index contributed by atoms with van der Waals surface area (Å²) in [4.78, 5) is 34.9. The van der Waals surface area contributed by atoms with Crippen molar-refractivity contribution in [1.29, 1.82) is 5.26 Å². The number of imide groups is 1. The van der Waals surface area contributed by atoms with Gasteiger partial charge in [-0.05, 0) is 17.7 Å². The van der Waals surface area contributed by atoms with Crippen LogP contribution in [0, 0.1) is 11.5 Å². The average molecular weight is 474 g/mol. The highest BCUT2D eigenvalue weighted by Gasteiger charge is 2.41. The summed E-state index contributed by atoms with van der Waals surface area (Å²) in [7, 11) is 1.37. The SMILES string of the molecule is CN1C(=O)c2nn(-c3ccc(Cl)c(Cl)c3Cl)c(=NC#N)nc2C(c2ccccc2)C1=O. The summed E-state index contributed by atoms with van der Waals surface area (Å²) in [5.74, 6) is -2.00. The first-order valence-electron chi connectivity index (χ1n) is 8.80. The van der Waals surface area contributed by atoms with Gasteiger partial charge in [0.2, 0.25) is 12.1 Å². The summed E-state index contributed by atoms with van der Waals surface area (Å²) in [5.41, 5.74) is 0.683. The number of nitrogens with zero attached hydrogens (tertiary/aromatic N) is 6. The van der Waals surface area contributed by atoms with Crippen LogP contribution in [0.15, 0.2) is 47.5 Å². The van der Waals surface area contributed by atoms with Gasteiger partial charge in [-0.15, -0.1) is 4.99 Å². The minimum absolute atomic E-state index is 0.0371. The zero-order valence-corrected chi connectivity index (χ0v) is 18.0. The molecule has 2 heterocycles. The normalized spacial score (nSPS) is 16.3. The third-order valence-electron chi connectivity index (χ3n) is 4.74. The molecule has 1 unspecified atom stereocenters. The Kier molecular flexibility index (Phi) is 5.50. The van der Waals surface area contributed by atoms with Gasteiger partial charge in [0.25, 0.3) is 11.5 Å².